The first-order chi connectivity index (χ1) is 15.6. The SMILES string of the molecule is CCCn1c(C2CCCN(C(=O)C3(C)CC(c4ccccc4)=NO3)C2)nc2ccccc21. The first kappa shape index (κ1) is 20.7. The fraction of sp³-hybridized carbons (Fsp3) is 0.423. The molecular formula is C26H30N4O2. The molecule has 1 saturated heterocycles. The van der Waals surface area contributed by atoms with Crippen molar-refractivity contribution in [2.24, 2.45) is 5.16 Å². The highest BCUT2D eigenvalue weighted by atomic mass is 16.7. The maximum absolute atomic E-state index is 13.6. The maximum Gasteiger partial charge on any atom is 0.269 e. The van der Waals surface area contributed by atoms with Gasteiger partial charge in [0.1, 0.15) is 5.82 Å². The second kappa shape index (κ2) is 8.41. The monoisotopic (exact) mass is 430 g/mol. The van der Waals surface area contributed by atoms with Gasteiger partial charge in [0.25, 0.3) is 5.91 Å². The van der Waals surface area contributed by atoms with Gasteiger partial charge in [0.2, 0.25) is 5.60 Å². The maximum atomic E-state index is 13.6. The van der Waals surface area contributed by atoms with E-state index < -0.39 is 5.60 Å². The lowest BCUT2D eigenvalue weighted by Crippen LogP contribution is -2.50. The molecule has 2 aliphatic rings. The van der Waals surface area contributed by atoms with Crippen LogP contribution in [0.5, 0.6) is 0 Å². The van der Waals surface area contributed by atoms with E-state index in [0.717, 1.165) is 55.0 Å². The van der Waals surface area contributed by atoms with Crippen LogP contribution in [0.3, 0.4) is 0 Å². The number of aromatic nitrogens is 2. The number of oxime groups is 1. The number of aryl methyl sites for hydroxylation is 1. The molecule has 1 amide bonds. The van der Waals surface area contributed by atoms with Crippen molar-refractivity contribution in [1.29, 1.82) is 0 Å². The molecule has 6 heteroatoms. The molecule has 5 rings (SSSR count). The van der Waals surface area contributed by atoms with Crippen LogP contribution < -0.4 is 0 Å². The minimum Gasteiger partial charge on any atom is -0.379 e. The molecular weight excluding hydrogens is 400 g/mol. The van der Waals surface area contributed by atoms with Crippen molar-refractivity contribution in [3.05, 3.63) is 66.0 Å². The largest absolute Gasteiger partial charge is 0.379 e. The predicted octanol–water partition coefficient (Wildman–Crippen LogP) is 4.74. The Hall–Kier alpha value is -3.15. The summed E-state index contributed by atoms with van der Waals surface area (Å²) in [6.45, 7) is 6.42. The van der Waals surface area contributed by atoms with Gasteiger partial charge in [-0.25, -0.2) is 4.98 Å². The third-order valence-electron chi connectivity index (χ3n) is 6.63. The van der Waals surface area contributed by atoms with Crippen LogP contribution in [0, 0.1) is 0 Å². The summed E-state index contributed by atoms with van der Waals surface area (Å²) < 4.78 is 2.35. The Balaban J connectivity index is 1.35. The molecule has 6 nitrogen and oxygen atoms in total. The number of para-hydroxylation sites is 2. The Bertz CT molecular complexity index is 1150. The van der Waals surface area contributed by atoms with Crippen molar-refractivity contribution < 1.29 is 9.63 Å². The highest BCUT2D eigenvalue weighted by Gasteiger charge is 2.45. The number of carbonyl (C=O) groups excluding carboxylic acids is 1. The van der Waals surface area contributed by atoms with Gasteiger partial charge in [-0.05, 0) is 43.9 Å². The van der Waals surface area contributed by atoms with Crippen LogP contribution >= 0.6 is 0 Å². The summed E-state index contributed by atoms with van der Waals surface area (Å²) >= 11 is 0. The number of rotatable bonds is 5. The van der Waals surface area contributed by atoms with E-state index in [-0.39, 0.29) is 11.8 Å². The number of likely N-dealkylation sites (tertiary alicyclic amines) is 1. The molecule has 0 aliphatic carbocycles. The van der Waals surface area contributed by atoms with Gasteiger partial charge in [-0.2, -0.15) is 0 Å². The summed E-state index contributed by atoms with van der Waals surface area (Å²) in [6.07, 6.45) is 3.55. The summed E-state index contributed by atoms with van der Waals surface area (Å²) in [6, 6.07) is 18.3. The molecule has 0 spiro atoms. The number of hydrogen-bond acceptors (Lipinski definition) is 4. The third kappa shape index (κ3) is 3.68. The molecule has 3 heterocycles. The topological polar surface area (TPSA) is 59.7 Å². The highest BCUT2D eigenvalue weighted by molar-refractivity contribution is 6.05. The van der Waals surface area contributed by atoms with Gasteiger partial charge in [-0.15, -0.1) is 0 Å². The molecule has 2 aromatic carbocycles. The molecule has 166 valence electrons. The Morgan fingerprint density at radius 1 is 1.16 bits per heavy atom. The number of hydrogen-bond donors (Lipinski definition) is 0. The number of amides is 1. The zero-order valence-corrected chi connectivity index (χ0v) is 18.8. The summed E-state index contributed by atoms with van der Waals surface area (Å²) in [7, 11) is 0. The number of nitrogens with zero attached hydrogens (tertiary/aromatic N) is 4. The fourth-order valence-corrected chi connectivity index (χ4v) is 5.01. The van der Waals surface area contributed by atoms with E-state index in [4.69, 9.17) is 9.82 Å². The van der Waals surface area contributed by atoms with Gasteiger partial charge in [0.05, 0.1) is 16.7 Å². The van der Waals surface area contributed by atoms with Crippen molar-refractivity contribution in [3.8, 4) is 0 Å². The van der Waals surface area contributed by atoms with Crippen molar-refractivity contribution in [2.45, 2.75) is 57.6 Å². The zero-order valence-electron chi connectivity index (χ0n) is 18.8. The van der Waals surface area contributed by atoms with Crippen molar-refractivity contribution in [3.63, 3.8) is 0 Å². The van der Waals surface area contributed by atoms with Gasteiger partial charge in [-0.1, -0.05) is 54.5 Å². The summed E-state index contributed by atoms with van der Waals surface area (Å²) in [5, 5.41) is 4.27. The normalized spacial score (nSPS) is 23.2. The minimum absolute atomic E-state index is 0.0232. The molecule has 2 atom stereocenters. The lowest BCUT2D eigenvalue weighted by Gasteiger charge is -2.36. The van der Waals surface area contributed by atoms with Crippen molar-refractivity contribution in [2.75, 3.05) is 13.1 Å². The molecule has 1 fully saturated rings. The van der Waals surface area contributed by atoms with Gasteiger partial charge < -0.3 is 14.3 Å². The molecule has 0 N–H and O–H groups in total. The molecule has 3 aromatic rings. The van der Waals surface area contributed by atoms with E-state index in [1.807, 2.05) is 48.2 Å². The van der Waals surface area contributed by atoms with Crippen molar-refractivity contribution in [1.82, 2.24) is 14.5 Å². The van der Waals surface area contributed by atoms with Gasteiger partial charge >= 0.3 is 0 Å². The first-order valence-corrected chi connectivity index (χ1v) is 11.6. The van der Waals surface area contributed by atoms with Crippen LogP contribution in [0.1, 0.15) is 56.8 Å². The first-order valence-electron chi connectivity index (χ1n) is 11.6. The predicted molar refractivity (Wildman–Crippen MR) is 126 cm³/mol. The summed E-state index contributed by atoms with van der Waals surface area (Å²) in [5.41, 5.74) is 3.11. The van der Waals surface area contributed by atoms with E-state index in [2.05, 4.69) is 34.8 Å². The van der Waals surface area contributed by atoms with E-state index in [0.29, 0.717) is 13.0 Å². The van der Waals surface area contributed by atoms with E-state index in [9.17, 15) is 4.79 Å². The molecule has 32 heavy (non-hydrogen) atoms. The molecule has 2 aliphatic heterocycles. The number of imidazole rings is 1. The van der Waals surface area contributed by atoms with E-state index in [1.165, 1.54) is 5.52 Å². The summed E-state index contributed by atoms with van der Waals surface area (Å²) in [4.78, 5) is 26.3. The highest BCUT2D eigenvalue weighted by Crippen LogP contribution is 2.34. The average Bonchev–Trinajstić information content (AvgIpc) is 3.42. The Kier molecular flexibility index (Phi) is 5.45. The Morgan fingerprint density at radius 3 is 2.75 bits per heavy atom. The Labute approximate surface area is 188 Å². The molecule has 2 unspecified atom stereocenters. The minimum atomic E-state index is -0.948. The van der Waals surface area contributed by atoms with Gasteiger partial charge in [-0.3, -0.25) is 4.79 Å². The number of piperidine rings is 1. The number of benzene rings is 2. The lowest BCUT2D eigenvalue weighted by atomic mass is 9.91. The van der Waals surface area contributed by atoms with Crippen LogP contribution in [-0.4, -0.2) is 44.8 Å². The smallest absolute Gasteiger partial charge is 0.269 e. The van der Waals surface area contributed by atoms with Crippen molar-refractivity contribution >= 4 is 22.7 Å². The fourth-order valence-electron chi connectivity index (χ4n) is 5.01. The van der Waals surface area contributed by atoms with Crippen LogP contribution in [0.4, 0.5) is 0 Å². The van der Waals surface area contributed by atoms with Gasteiger partial charge in [0, 0.05) is 32.0 Å². The van der Waals surface area contributed by atoms with Crippen LogP contribution in [-0.2, 0) is 16.2 Å². The molecule has 1 aromatic heterocycles. The van der Waals surface area contributed by atoms with Crippen LogP contribution in [0.25, 0.3) is 11.0 Å². The molecule has 0 radical (unpaired) electrons. The Morgan fingerprint density at radius 2 is 1.94 bits per heavy atom. The number of carbonyl (C=O) groups is 1. The zero-order chi connectivity index (χ0) is 22.1. The van der Waals surface area contributed by atoms with Crippen LogP contribution in [0.15, 0.2) is 59.8 Å². The van der Waals surface area contributed by atoms with Gasteiger partial charge in [0.15, 0.2) is 0 Å². The second-order valence-electron chi connectivity index (χ2n) is 9.10. The van der Waals surface area contributed by atoms with E-state index >= 15 is 0 Å². The standard InChI is InChI=1S/C26H30N4O2/c1-3-15-30-23-14-8-7-13-21(23)27-24(30)20-12-9-16-29(18-20)25(31)26(2)17-22(28-32-26)19-10-5-4-6-11-19/h4-8,10-11,13-14,20H,3,9,12,15-18H2,1-2H3. The van der Waals surface area contributed by atoms with E-state index in [1.54, 1.807) is 0 Å². The third-order valence-corrected chi connectivity index (χ3v) is 6.63. The molecule has 0 saturated carbocycles. The second-order valence-corrected chi connectivity index (χ2v) is 9.10. The molecule has 0 bridgehead atoms. The quantitative estimate of drug-likeness (QED) is 0.588. The average molecular weight is 431 g/mol. The lowest BCUT2D eigenvalue weighted by molar-refractivity contribution is -0.154. The summed E-state index contributed by atoms with van der Waals surface area (Å²) in [5.74, 6) is 1.35. The van der Waals surface area contributed by atoms with Crippen LogP contribution in [0.2, 0.25) is 0 Å². The number of fused-ring (bicyclic) bond motifs is 1.